The fourth-order valence-corrected chi connectivity index (χ4v) is 3.16. The van der Waals surface area contributed by atoms with E-state index in [1.54, 1.807) is 0 Å². The average molecular weight is 310 g/mol. The summed E-state index contributed by atoms with van der Waals surface area (Å²) < 4.78 is 0.989. The van der Waals surface area contributed by atoms with E-state index in [0.717, 1.165) is 35.0 Å². The van der Waals surface area contributed by atoms with E-state index in [0.29, 0.717) is 0 Å². The van der Waals surface area contributed by atoms with Crippen molar-refractivity contribution in [1.29, 1.82) is 0 Å². The number of anilines is 1. The second-order valence-corrected chi connectivity index (χ2v) is 6.02. The van der Waals surface area contributed by atoms with E-state index >= 15 is 0 Å². The van der Waals surface area contributed by atoms with Gasteiger partial charge in [-0.25, -0.2) is 0 Å². The number of benzene rings is 1. The van der Waals surface area contributed by atoms with Crippen LogP contribution in [0.5, 0.6) is 0 Å². The van der Waals surface area contributed by atoms with Gasteiger partial charge >= 0.3 is 0 Å². The van der Waals surface area contributed by atoms with Gasteiger partial charge in [0.05, 0.1) is 5.69 Å². The number of hydrogen-bond acceptors (Lipinski definition) is 1. The Hall–Kier alpha value is -0.830. The van der Waals surface area contributed by atoms with Gasteiger partial charge in [0, 0.05) is 9.89 Å². The van der Waals surface area contributed by atoms with Crippen LogP contribution in [-0.4, -0.2) is 5.91 Å². The minimum atomic E-state index is -0.136. The van der Waals surface area contributed by atoms with E-state index in [9.17, 15) is 4.79 Å². The molecule has 1 N–H and O–H groups in total. The molecule has 1 saturated carbocycles. The van der Waals surface area contributed by atoms with Crippen LogP contribution in [0.2, 0.25) is 0 Å². The van der Waals surface area contributed by atoms with Gasteiger partial charge in [0.1, 0.15) is 0 Å². The summed E-state index contributed by atoms with van der Waals surface area (Å²) in [4.78, 5) is 12.5. The van der Waals surface area contributed by atoms with Crippen molar-refractivity contribution in [2.75, 3.05) is 5.32 Å². The maximum Gasteiger partial charge on any atom is 0.230 e. The van der Waals surface area contributed by atoms with E-state index in [4.69, 9.17) is 0 Å². The Morgan fingerprint density at radius 2 is 2.06 bits per heavy atom. The Kier molecular flexibility index (Phi) is 4.10. The lowest BCUT2D eigenvalue weighted by molar-refractivity contribution is -0.125. The van der Waals surface area contributed by atoms with Crippen LogP contribution in [0.4, 0.5) is 5.69 Å². The standard InChI is InChI=1S/C15H20BrNO/c1-3-15(9-4-5-10-15)14(18)17-12-8-6-7-11(2)13(12)16/h6-8H,3-5,9-10H2,1-2H3,(H,17,18). The molecule has 0 aliphatic heterocycles. The van der Waals surface area contributed by atoms with Crippen LogP contribution < -0.4 is 5.32 Å². The second kappa shape index (κ2) is 5.43. The average Bonchev–Trinajstić information content (AvgIpc) is 2.85. The summed E-state index contributed by atoms with van der Waals surface area (Å²) in [5, 5.41) is 3.10. The number of aryl methyl sites for hydroxylation is 1. The fraction of sp³-hybridized carbons (Fsp3) is 0.533. The van der Waals surface area contributed by atoms with E-state index in [1.807, 2.05) is 25.1 Å². The van der Waals surface area contributed by atoms with Crippen molar-refractivity contribution in [3.63, 3.8) is 0 Å². The van der Waals surface area contributed by atoms with Crippen LogP contribution >= 0.6 is 15.9 Å². The first-order valence-corrected chi connectivity index (χ1v) is 7.45. The maximum atomic E-state index is 12.5. The summed E-state index contributed by atoms with van der Waals surface area (Å²) in [5.74, 6) is 0.189. The molecule has 0 atom stereocenters. The molecule has 1 fully saturated rings. The van der Waals surface area contributed by atoms with Gasteiger partial charge in [-0.2, -0.15) is 0 Å². The van der Waals surface area contributed by atoms with Crippen molar-refractivity contribution < 1.29 is 4.79 Å². The molecule has 0 unspecified atom stereocenters. The maximum absolute atomic E-state index is 12.5. The van der Waals surface area contributed by atoms with Crippen LogP contribution in [0.15, 0.2) is 22.7 Å². The van der Waals surface area contributed by atoms with Crippen LogP contribution in [0.3, 0.4) is 0 Å². The molecule has 1 aromatic rings. The lowest BCUT2D eigenvalue weighted by Gasteiger charge is -2.26. The number of carbonyl (C=O) groups excluding carboxylic acids is 1. The summed E-state index contributed by atoms with van der Waals surface area (Å²) in [7, 11) is 0. The molecule has 3 heteroatoms. The van der Waals surface area contributed by atoms with Crippen molar-refractivity contribution in [1.82, 2.24) is 0 Å². The van der Waals surface area contributed by atoms with E-state index in [-0.39, 0.29) is 11.3 Å². The summed E-state index contributed by atoms with van der Waals surface area (Å²) in [6.07, 6.45) is 5.34. The topological polar surface area (TPSA) is 29.1 Å². The molecule has 1 amide bonds. The molecule has 18 heavy (non-hydrogen) atoms. The first-order chi connectivity index (χ1) is 8.59. The third-order valence-electron chi connectivity index (χ3n) is 4.16. The number of rotatable bonds is 3. The monoisotopic (exact) mass is 309 g/mol. The first kappa shape index (κ1) is 13.6. The van der Waals surface area contributed by atoms with Gasteiger partial charge in [-0.3, -0.25) is 4.79 Å². The normalized spacial score (nSPS) is 17.7. The Morgan fingerprint density at radius 1 is 1.39 bits per heavy atom. The fourth-order valence-electron chi connectivity index (χ4n) is 2.79. The summed E-state index contributed by atoms with van der Waals surface area (Å²) in [6, 6.07) is 5.96. The minimum Gasteiger partial charge on any atom is -0.325 e. The molecule has 0 saturated heterocycles. The molecule has 0 aromatic heterocycles. The Bertz CT molecular complexity index is 450. The first-order valence-electron chi connectivity index (χ1n) is 6.65. The SMILES string of the molecule is CCC1(C(=O)Nc2cccc(C)c2Br)CCCC1. The zero-order valence-electron chi connectivity index (χ0n) is 11.1. The number of amides is 1. The van der Waals surface area contributed by atoms with Crippen molar-refractivity contribution in [3.05, 3.63) is 28.2 Å². The van der Waals surface area contributed by atoms with Crippen molar-refractivity contribution >= 4 is 27.5 Å². The number of hydrogen-bond donors (Lipinski definition) is 1. The van der Waals surface area contributed by atoms with Crippen molar-refractivity contribution in [2.24, 2.45) is 5.41 Å². The highest BCUT2D eigenvalue weighted by molar-refractivity contribution is 9.10. The summed E-state index contributed by atoms with van der Waals surface area (Å²) in [6.45, 7) is 4.15. The van der Waals surface area contributed by atoms with Crippen LogP contribution in [0, 0.1) is 12.3 Å². The largest absolute Gasteiger partial charge is 0.325 e. The van der Waals surface area contributed by atoms with E-state index in [2.05, 4.69) is 28.2 Å². The number of halogens is 1. The molecule has 0 bridgehead atoms. The summed E-state index contributed by atoms with van der Waals surface area (Å²) >= 11 is 3.54. The molecule has 1 aromatic carbocycles. The Labute approximate surface area is 117 Å². The zero-order chi connectivity index (χ0) is 13.2. The highest BCUT2D eigenvalue weighted by atomic mass is 79.9. The zero-order valence-corrected chi connectivity index (χ0v) is 12.6. The van der Waals surface area contributed by atoms with Gasteiger partial charge in [0.2, 0.25) is 5.91 Å². The second-order valence-electron chi connectivity index (χ2n) is 5.23. The van der Waals surface area contributed by atoms with Gasteiger partial charge in [0.25, 0.3) is 0 Å². The highest BCUT2D eigenvalue weighted by Gasteiger charge is 2.39. The van der Waals surface area contributed by atoms with Crippen LogP contribution in [0.1, 0.15) is 44.6 Å². The predicted molar refractivity (Wildman–Crippen MR) is 78.7 cm³/mol. The van der Waals surface area contributed by atoms with Gasteiger partial charge in [-0.05, 0) is 53.7 Å². The molecule has 0 radical (unpaired) electrons. The Balaban J connectivity index is 2.18. The predicted octanol–water partition coefficient (Wildman–Crippen LogP) is 4.67. The third-order valence-corrected chi connectivity index (χ3v) is 5.21. The highest BCUT2D eigenvalue weighted by Crippen LogP contribution is 2.42. The quantitative estimate of drug-likeness (QED) is 0.864. The van der Waals surface area contributed by atoms with Gasteiger partial charge in [-0.15, -0.1) is 0 Å². The van der Waals surface area contributed by atoms with Crippen molar-refractivity contribution in [2.45, 2.75) is 46.0 Å². The molecule has 0 heterocycles. The number of nitrogens with one attached hydrogen (secondary N) is 1. The van der Waals surface area contributed by atoms with Crippen LogP contribution in [0.25, 0.3) is 0 Å². The minimum absolute atomic E-state index is 0.136. The molecular formula is C15H20BrNO. The van der Waals surface area contributed by atoms with E-state index < -0.39 is 0 Å². The summed E-state index contributed by atoms with van der Waals surface area (Å²) in [5.41, 5.74) is 1.90. The molecule has 2 rings (SSSR count). The van der Waals surface area contributed by atoms with Crippen LogP contribution in [-0.2, 0) is 4.79 Å². The molecule has 2 nitrogen and oxygen atoms in total. The smallest absolute Gasteiger partial charge is 0.230 e. The molecular weight excluding hydrogens is 290 g/mol. The molecule has 0 spiro atoms. The Morgan fingerprint density at radius 3 is 2.67 bits per heavy atom. The number of carbonyl (C=O) groups is 1. The van der Waals surface area contributed by atoms with E-state index in [1.165, 1.54) is 12.8 Å². The van der Waals surface area contributed by atoms with Gasteiger partial charge in [0.15, 0.2) is 0 Å². The molecule has 1 aliphatic carbocycles. The van der Waals surface area contributed by atoms with Crippen molar-refractivity contribution in [3.8, 4) is 0 Å². The molecule has 98 valence electrons. The van der Waals surface area contributed by atoms with Gasteiger partial charge < -0.3 is 5.32 Å². The lowest BCUT2D eigenvalue weighted by Crippen LogP contribution is -2.33. The lowest BCUT2D eigenvalue weighted by atomic mass is 9.82. The molecule has 1 aliphatic rings. The third kappa shape index (κ3) is 2.46. The van der Waals surface area contributed by atoms with Gasteiger partial charge in [-0.1, -0.05) is 31.9 Å².